The summed E-state index contributed by atoms with van der Waals surface area (Å²) in [4.78, 5) is 23.6. The molecule has 0 spiro atoms. The monoisotopic (exact) mass is 409 g/mol. The Hall–Kier alpha value is -2.81. The smallest absolute Gasteiger partial charge is 0.272 e. The van der Waals surface area contributed by atoms with Crippen molar-refractivity contribution in [2.45, 2.75) is 0 Å². The van der Waals surface area contributed by atoms with Crippen LogP contribution >= 0.6 is 34.3 Å². The van der Waals surface area contributed by atoms with E-state index in [0.29, 0.717) is 20.6 Å². The molecule has 1 N–H and O–H groups in total. The van der Waals surface area contributed by atoms with Gasteiger partial charge in [-0.2, -0.15) is 9.97 Å². The van der Waals surface area contributed by atoms with E-state index < -0.39 is 0 Å². The molecule has 27 heavy (non-hydrogen) atoms. The molecule has 0 fully saturated rings. The van der Waals surface area contributed by atoms with Gasteiger partial charge >= 0.3 is 0 Å². The highest BCUT2D eigenvalue weighted by Gasteiger charge is 2.17. The number of thiazole rings is 2. The first-order chi connectivity index (χ1) is 13.1. The largest absolute Gasteiger partial charge is 0.283 e. The summed E-state index contributed by atoms with van der Waals surface area (Å²) in [6, 6.07) is 13.1. The molecule has 2 aromatic carbocycles. The van der Waals surface area contributed by atoms with Gasteiger partial charge in [-0.3, -0.25) is 19.0 Å². The van der Waals surface area contributed by atoms with Crippen LogP contribution in [0.3, 0.4) is 0 Å². The fourth-order valence-electron chi connectivity index (χ4n) is 3.38. The van der Waals surface area contributed by atoms with Gasteiger partial charge in [0.2, 0.25) is 0 Å². The molecule has 6 rings (SSSR count). The lowest BCUT2D eigenvalue weighted by Crippen LogP contribution is -2.25. The van der Waals surface area contributed by atoms with E-state index in [1.807, 2.05) is 36.4 Å². The van der Waals surface area contributed by atoms with E-state index in [2.05, 4.69) is 9.97 Å². The highest BCUT2D eigenvalue weighted by Crippen LogP contribution is 2.28. The third-order valence-electron chi connectivity index (χ3n) is 4.56. The van der Waals surface area contributed by atoms with Crippen LogP contribution < -0.4 is 11.0 Å². The SMILES string of the molecule is N=c1c2c(=O)n3c(nc2nc2sc4cc(Cl)ccc4n12)sc1ccccc13. The number of benzene rings is 2. The van der Waals surface area contributed by atoms with E-state index in [1.165, 1.54) is 22.7 Å². The lowest BCUT2D eigenvalue weighted by Gasteiger charge is -2.02. The van der Waals surface area contributed by atoms with E-state index >= 15 is 0 Å². The highest BCUT2D eigenvalue weighted by atomic mass is 35.5. The van der Waals surface area contributed by atoms with Gasteiger partial charge in [0.15, 0.2) is 15.6 Å². The number of hydrogen-bond acceptors (Lipinski definition) is 6. The Bertz CT molecular complexity index is 1690. The molecule has 0 saturated carbocycles. The molecule has 0 radical (unpaired) electrons. The third-order valence-corrected chi connectivity index (χ3v) is 6.82. The first-order valence-electron chi connectivity index (χ1n) is 8.01. The van der Waals surface area contributed by atoms with Crippen LogP contribution in [-0.2, 0) is 0 Å². The number of fused-ring (bicyclic) bond motifs is 7. The maximum absolute atomic E-state index is 13.3. The molecule has 0 saturated heterocycles. The standard InChI is InChI=1S/C18H8ClN5OS2/c19-8-5-6-10-12(7-8)27-17-21-15-13(14(20)23(10)17)16(25)24-9-3-1-2-4-11(9)26-18(24)22-15/h1-7,20H. The molecule has 0 aliphatic rings. The fourth-order valence-corrected chi connectivity index (χ4v) is 5.69. The summed E-state index contributed by atoms with van der Waals surface area (Å²) in [5.41, 5.74) is 1.72. The number of halogens is 1. The molecule has 0 aliphatic heterocycles. The van der Waals surface area contributed by atoms with E-state index in [1.54, 1.807) is 14.9 Å². The van der Waals surface area contributed by atoms with Crippen LogP contribution in [-0.4, -0.2) is 18.8 Å². The average Bonchev–Trinajstić information content (AvgIpc) is 3.18. The van der Waals surface area contributed by atoms with Crippen LogP contribution in [0.25, 0.3) is 41.4 Å². The predicted octanol–water partition coefficient (Wildman–Crippen LogP) is 4.06. The second-order valence-electron chi connectivity index (χ2n) is 6.10. The number of nitrogens with one attached hydrogen (secondary N) is 1. The average molecular weight is 410 g/mol. The summed E-state index contributed by atoms with van der Waals surface area (Å²) < 4.78 is 5.13. The fraction of sp³-hybridized carbons (Fsp3) is 0. The lowest BCUT2D eigenvalue weighted by atomic mass is 10.3. The molecule has 0 atom stereocenters. The van der Waals surface area contributed by atoms with Crippen molar-refractivity contribution < 1.29 is 0 Å². The summed E-state index contributed by atoms with van der Waals surface area (Å²) in [6.07, 6.45) is 0. The zero-order chi connectivity index (χ0) is 18.3. The Balaban J connectivity index is 1.90. The molecule has 0 aliphatic carbocycles. The quantitative estimate of drug-likeness (QED) is 0.411. The van der Waals surface area contributed by atoms with Gasteiger partial charge in [0.05, 0.1) is 20.4 Å². The van der Waals surface area contributed by atoms with E-state index in [4.69, 9.17) is 17.0 Å². The minimum atomic E-state index is -0.271. The molecule has 0 amide bonds. The van der Waals surface area contributed by atoms with Crippen molar-refractivity contribution in [2.75, 3.05) is 0 Å². The highest BCUT2D eigenvalue weighted by molar-refractivity contribution is 7.24. The first-order valence-corrected chi connectivity index (χ1v) is 10.0. The second kappa shape index (κ2) is 5.13. The Morgan fingerprint density at radius 2 is 1.63 bits per heavy atom. The Morgan fingerprint density at radius 1 is 0.926 bits per heavy atom. The van der Waals surface area contributed by atoms with E-state index in [0.717, 1.165) is 20.4 Å². The third kappa shape index (κ3) is 1.94. The van der Waals surface area contributed by atoms with Crippen LogP contribution in [0, 0.1) is 5.41 Å². The van der Waals surface area contributed by atoms with Gasteiger partial charge in [-0.1, -0.05) is 46.4 Å². The molecule has 4 aromatic heterocycles. The number of hydrogen-bond donors (Lipinski definition) is 1. The summed E-state index contributed by atoms with van der Waals surface area (Å²) in [7, 11) is 0. The van der Waals surface area contributed by atoms with Crippen molar-refractivity contribution in [1.29, 1.82) is 5.41 Å². The van der Waals surface area contributed by atoms with Crippen LogP contribution in [0.2, 0.25) is 5.02 Å². The van der Waals surface area contributed by atoms with Crippen LogP contribution in [0.15, 0.2) is 47.3 Å². The summed E-state index contributed by atoms with van der Waals surface area (Å²) in [6.45, 7) is 0. The first kappa shape index (κ1) is 15.3. The lowest BCUT2D eigenvalue weighted by molar-refractivity contribution is 1.03. The molecule has 0 bridgehead atoms. The van der Waals surface area contributed by atoms with Crippen molar-refractivity contribution in [2.24, 2.45) is 0 Å². The van der Waals surface area contributed by atoms with Crippen LogP contribution in [0.4, 0.5) is 0 Å². The number of nitrogens with zero attached hydrogens (tertiary/aromatic N) is 4. The number of aromatic nitrogens is 4. The number of para-hydroxylation sites is 1. The summed E-state index contributed by atoms with van der Waals surface area (Å²) in [5.74, 6) is 0. The predicted molar refractivity (Wildman–Crippen MR) is 109 cm³/mol. The zero-order valence-electron chi connectivity index (χ0n) is 13.4. The molecule has 6 nitrogen and oxygen atoms in total. The Morgan fingerprint density at radius 3 is 2.48 bits per heavy atom. The van der Waals surface area contributed by atoms with Crippen LogP contribution in [0.5, 0.6) is 0 Å². The summed E-state index contributed by atoms with van der Waals surface area (Å²) >= 11 is 8.96. The molecule has 9 heteroatoms. The van der Waals surface area contributed by atoms with Gasteiger partial charge in [-0.25, -0.2) is 0 Å². The Kier molecular flexibility index (Phi) is 2.90. The molecule has 0 unspecified atom stereocenters. The molecule has 130 valence electrons. The zero-order valence-corrected chi connectivity index (χ0v) is 15.8. The second-order valence-corrected chi connectivity index (χ2v) is 8.55. The molecular formula is C18H8ClN5OS2. The molecule has 4 heterocycles. The maximum atomic E-state index is 13.3. The van der Waals surface area contributed by atoms with Crippen molar-refractivity contribution in [1.82, 2.24) is 18.8 Å². The molecular weight excluding hydrogens is 402 g/mol. The normalized spacial score (nSPS) is 12.2. The van der Waals surface area contributed by atoms with Gasteiger partial charge in [0, 0.05) is 5.02 Å². The minimum absolute atomic E-state index is 0.0887. The van der Waals surface area contributed by atoms with Gasteiger partial charge in [-0.15, -0.1) is 0 Å². The Labute approximate surface area is 163 Å². The van der Waals surface area contributed by atoms with Gasteiger partial charge in [0.1, 0.15) is 10.9 Å². The molecule has 6 aromatic rings. The minimum Gasteiger partial charge on any atom is -0.283 e. The van der Waals surface area contributed by atoms with Gasteiger partial charge < -0.3 is 0 Å². The van der Waals surface area contributed by atoms with E-state index in [9.17, 15) is 4.79 Å². The van der Waals surface area contributed by atoms with Gasteiger partial charge in [0.25, 0.3) is 5.56 Å². The summed E-state index contributed by atoms with van der Waals surface area (Å²) in [5, 5.41) is 9.54. The van der Waals surface area contributed by atoms with Crippen molar-refractivity contribution in [3.8, 4) is 0 Å². The van der Waals surface area contributed by atoms with Crippen molar-refractivity contribution >= 4 is 75.7 Å². The van der Waals surface area contributed by atoms with Gasteiger partial charge in [-0.05, 0) is 30.3 Å². The number of rotatable bonds is 0. The van der Waals surface area contributed by atoms with Crippen molar-refractivity contribution in [3.63, 3.8) is 0 Å². The van der Waals surface area contributed by atoms with E-state index in [-0.39, 0.29) is 16.4 Å². The topological polar surface area (TPSA) is 75.5 Å². The van der Waals surface area contributed by atoms with Crippen molar-refractivity contribution in [3.05, 3.63) is 63.3 Å². The van der Waals surface area contributed by atoms with Crippen LogP contribution in [0.1, 0.15) is 0 Å². The maximum Gasteiger partial charge on any atom is 0.272 e.